The van der Waals surface area contributed by atoms with E-state index in [-0.39, 0.29) is 17.9 Å². The van der Waals surface area contributed by atoms with E-state index in [0.717, 1.165) is 17.1 Å². The molecule has 0 unspecified atom stereocenters. The Morgan fingerprint density at radius 3 is 2.96 bits per heavy atom. The average molecular weight is 346 g/mol. The predicted molar refractivity (Wildman–Crippen MR) is 92.8 cm³/mol. The van der Waals surface area contributed by atoms with E-state index in [1.807, 2.05) is 40.8 Å². The summed E-state index contributed by atoms with van der Waals surface area (Å²) < 4.78 is 1.99. The maximum Gasteiger partial charge on any atom is 0.271 e. The van der Waals surface area contributed by atoms with E-state index in [2.05, 4.69) is 10.3 Å². The zero-order valence-corrected chi connectivity index (χ0v) is 14.8. The van der Waals surface area contributed by atoms with Gasteiger partial charge in [-0.25, -0.2) is 4.98 Å². The van der Waals surface area contributed by atoms with Crippen LogP contribution in [-0.4, -0.2) is 32.8 Å². The van der Waals surface area contributed by atoms with Crippen LogP contribution in [0, 0.1) is 0 Å². The summed E-state index contributed by atoms with van der Waals surface area (Å²) in [5.41, 5.74) is 0.415. The van der Waals surface area contributed by atoms with Crippen LogP contribution < -0.4 is 5.32 Å². The van der Waals surface area contributed by atoms with Gasteiger partial charge in [0.05, 0.1) is 12.6 Å². The van der Waals surface area contributed by atoms with Crippen LogP contribution in [0.15, 0.2) is 23.7 Å². The molecule has 7 heteroatoms. The molecule has 1 N–H and O–H groups in total. The van der Waals surface area contributed by atoms with Crippen molar-refractivity contribution in [1.29, 1.82) is 0 Å². The molecule has 1 atom stereocenters. The monoisotopic (exact) mass is 346 g/mol. The highest BCUT2D eigenvalue weighted by molar-refractivity contribution is 7.09. The van der Waals surface area contributed by atoms with E-state index in [9.17, 15) is 9.59 Å². The number of nitrogens with one attached hydrogen (secondary N) is 1. The number of amides is 2. The number of nitrogens with zero attached hydrogens (tertiary/aromatic N) is 3. The third-order valence-corrected chi connectivity index (χ3v) is 5.13. The van der Waals surface area contributed by atoms with E-state index in [1.54, 1.807) is 17.5 Å². The molecule has 2 amide bonds. The van der Waals surface area contributed by atoms with Crippen molar-refractivity contribution in [2.75, 3.05) is 6.54 Å². The van der Waals surface area contributed by atoms with Crippen molar-refractivity contribution < 1.29 is 9.59 Å². The van der Waals surface area contributed by atoms with Crippen molar-refractivity contribution in [3.05, 3.63) is 40.1 Å². The predicted octanol–water partition coefficient (Wildman–Crippen LogP) is 2.58. The van der Waals surface area contributed by atoms with Gasteiger partial charge >= 0.3 is 0 Å². The van der Waals surface area contributed by atoms with Crippen molar-refractivity contribution >= 4 is 23.2 Å². The second kappa shape index (κ2) is 7.17. The van der Waals surface area contributed by atoms with Gasteiger partial charge < -0.3 is 14.8 Å². The first-order valence-corrected chi connectivity index (χ1v) is 9.15. The highest BCUT2D eigenvalue weighted by Crippen LogP contribution is 2.25. The Bertz CT molecular complexity index is 723. The van der Waals surface area contributed by atoms with Crippen molar-refractivity contribution in [2.45, 2.75) is 45.8 Å². The lowest BCUT2D eigenvalue weighted by molar-refractivity contribution is -0.134. The number of thiophene rings is 1. The summed E-state index contributed by atoms with van der Waals surface area (Å²) in [7, 11) is 0. The number of fused-ring (bicyclic) bond motifs is 1. The molecule has 1 aliphatic heterocycles. The van der Waals surface area contributed by atoms with E-state index < -0.39 is 0 Å². The molecule has 0 bridgehead atoms. The molecule has 24 heavy (non-hydrogen) atoms. The summed E-state index contributed by atoms with van der Waals surface area (Å²) in [5.74, 6) is 0.763. The van der Waals surface area contributed by atoms with Crippen molar-refractivity contribution in [1.82, 2.24) is 19.8 Å². The van der Waals surface area contributed by atoms with Gasteiger partial charge in [-0.1, -0.05) is 13.0 Å². The van der Waals surface area contributed by atoms with Gasteiger partial charge in [-0.15, -0.1) is 11.3 Å². The topological polar surface area (TPSA) is 67.2 Å². The fraction of sp³-hybridized carbons (Fsp3) is 0.471. The quantitative estimate of drug-likeness (QED) is 0.905. The molecule has 3 rings (SSSR count). The van der Waals surface area contributed by atoms with Crippen LogP contribution in [0.25, 0.3) is 0 Å². The van der Waals surface area contributed by atoms with Gasteiger partial charge in [0, 0.05) is 30.6 Å². The van der Waals surface area contributed by atoms with Crippen LogP contribution >= 0.6 is 11.3 Å². The number of rotatable bonds is 5. The zero-order valence-electron chi connectivity index (χ0n) is 14.0. The van der Waals surface area contributed by atoms with Gasteiger partial charge in [0.15, 0.2) is 0 Å². The zero-order chi connectivity index (χ0) is 17.1. The third kappa shape index (κ3) is 3.36. The Hall–Kier alpha value is -2.15. The first-order chi connectivity index (χ1) is 11.6. The molecule has 0 radical (unpaired) electrons. The number of hydrogen-bond acceptors (Lipinski definition) is 4. The van der Waals surface area contributed by atoms with E-state index in [0.29, 0.717) is 31.7 Å². The highest BCUT2D eigenvalue weighted by Gasteiger charge is 2.30. The van der Waals surface area contributed by atoms with E-state index in [4.69, 9.17) is 0 Å². The lowest BCUT2D eigenvalue weighted by Gasteiger charge is -2.33. The lowest BCUT2D eigenvalue weighted by Crippen LogP contribution is -2.40. The molecule has 128 valence electrons. The molecule has 6 nitrogen and oxygen atoms in total. The first-order valence-electron chi connectivity index (χ1n) is 8.27. The fourth-order valence-corrected chi connectivity index (χ4v) is 3.61. The van der Waals surface area contributed by atoms with Gasteiger partial charge in [0.2, 0.25) is 5.91 Å². The Morgan fingerprint density at radius 2 is 2.25 bits per heavy atom. The Kier molecular flexibility index (Phi) is 4.99. The number of aromatic nitrogens is 2. The third-order valence-electron chi connectivity index (χ3n) is 4.25. The standard InChI is InChI=1S/C17H22N4O2S/c1-3-5-15(22)21-8-7-20-11-14(19-16(20)12(21)2)17(23)18-10-13-6-4-9-24-13/h4,6,9,11-12H,3,5,7-8,10H2,1-2H3,(H,18,23)/t12-/m1/s1. The number of carbonyl (C=O) groups is 2. The first kappa shape index (κ1) is 16.7. The molecule has 2 aromatic rings. The van der Waals surface area contributed by atoms with Crippen LogP contribution in [0.4, 0.5) is 0 Å². The van der Waals surface area contributed by atoms with Gasteiger partial charge in [-0.2, -0.15) is 0 Å². The minimum Gasteiger partial charge on any atom is -0.346 e. The smallest absolute Gasteiger partial charge is 0.271 e. The lowest BCUT2D eigenvalue weighted by atomic mass is 10.2. The molecule has 1 aliphatic rings. The Morgan fingerprint density at radius 1 is 1.42 bits per heavy atom. The number of hydrogen-bond donors (Lipinski definition) is 1. The summed E-state index contributed by atoms with van der Waals surface area (Å²) >= 11 is 1.61. The normalized spacial score (nSPS) is 16.8. The molecule has 0 aliphatic carbocycles. The Balaban J connectivity index is 1.69. The number of carbonyl (C=O) groups excluding carboxylic acids is 2. The van der Waals surface area contributed by atoms with E-state index in [1.165, 1.54) is 0 Å². The molecule has 3 heterocycles. The molecular formula is C17H22N4O2S. The summed E-state index contributed by atoms with van der Waals surface area (Å²) in [5, 5.41) is 4.88. The minimum absolute atomic E-state index is 0.100. The molecule has 0 aromatic carbocycles. The van der Waals surface area contributed by atoms with Crippen LogP contribution in [0.3, 0.4) is 0 Å². The van der Waals surface area contributed by atoms with Crippen molar-refractivity contribution in [2.24, 2.45) is 0 Å². The average Bonchev–Trinajstić information content (AvgIpc) is 3.23. The van der Waals surface area contributed by atoms with Gasteiger partial charge in [0.25, 0.3) is 5.91 Å². The summed E-state index contributed by atoms with van der Waals surface area (Å²) in [4.78, 5) is 32.0. The van der Waals surface area contributed by atoms with Crippen LogP contribution in [0.5, 0.6) is 0 Å². The largest absolute Gasteiger partial charge is 0.346 e. The van der Waals surface area contributed by atoms with Gasteiger partial charge in [-0.05, 0) is 24.8 Å². The maximum absolute atomic E-state index is 12.3. The molecular weight excluding hydrogens is 324 g/mol. The highest BCUT2D eigenvalue weighted by atomic mass is 32.1. The van der Waals surface area contributed by atoms with Crippen LogP contribution in [0.2, 0.25) is 0 Å². The number of imidazole rings is 1. The van der Waals surface area contributed by atoms with E-state index >= 15 is 0 Å². The second-order valence-electron chi connectivity index (χ2n) is 5.95. The molecule has 2 aromatic heterocycles. The molecule has 0 spiro atoms. The second-order valence-corrected chi connectivity index (χ2v) is 6.99. The summed E-state index contributed by atoms with van der Waals surface area (Å²) in [6.45, 7) is 5.83. The summed E-state index contributed by atoms with van der Waals surface area (Å²) in [6, 6.07) is 3.85. The Labute approximate surface area is 145 Å². The van der Waals surface area contributed by atoms with Gasteiger partial charge in [0.1, 0.15) is 11.5 Å². The van der Waals surface area contributed by atoms with Crippen LogP contribution in [0.1, 0.15) is 53.9 Å². The van der Waals surface area contributed by atoms with Crippen molar-refractivity contribution in [3.63, 3.8) is 0 Å². The van der Waals surface area contributed by atoms with Crippen LogP contribution in [-0.2, 0) is 17.9 Å². The molecule has 0 fully saturated rings. The maximum atomic E-state index is 12.3. The molecule has 0 saturated carbocycles. The SMILES string of the molecule is CCCC(=O)N1CCn2cc(C(=O)NCc3cccs3)nc2[C@H]1C. The fourth-order valence-electron chi connectivity index (χ4n) is 2.97. The summed E-state index contributed by atoms with van der Waals surface area (Å²) in [6.07, 6.45) is 3.18. The van der Waals surface area contributed by atoms with Crippen molar-refractivity contribution in [3.8, 4) is 0 Å². The molecule has 0 saturated heterocycles. The minimum atomic E-state index is -0.177. The van der Waals surface area contributed by atoms with Gasteiger partial charge in [-0.3, -0.25) is 9.59 Å².